The lowest BCUT2D eigenvalue weighted by molar-refractivity contribution is 0.266. The zero-order valence-corrected chi connectivity index (χ0v) is 29.8. The van der Waals surface area contributed by atoms with Crippen molar-refractivity contribution in [3.63, 3.8) is 0 Å². The zero-order valence-electron chi connectivity index (χ0n) is 29.8. The highest BCUT2D eigenvalue weighted by atomic mass is 16.5. The molecule has 1 aromatic heterocycles. The highest BCUT2D eigenvalue weighted by Crippen LogP contribution is 2.46. The van der Waals surface area contributed by atoms with Crippen LogP contribution in [0.15, 0.2) is 165 Å². The summed E-state index contributed by atoms with van der Waals surface area (Å²) in [5.74, 6) is 2.48. The third kappa shape index (κ3) is 7.03. The maximum Gasteiger partial charge on any atom is 0.164 e. The van der Waals surface area contributed by atoms with Crippen LogP contribution in [0.1, 0.15) is 22.5 Å². The fourth-order valence-corrected chi connectivity index (χ4v) is 6.89. The Labute approximate surface area is 315 Å². The van der Waals surface area contributed by atoms with Crippen molar-refractivity contribution in [3.05, 3.63) is 198 Å². The van der Waals surface area contributed by atoms with Crippen LogP contribution < -0.4 is 20.5 Å². The van der Waals surface area contributed by atoms with Gasteiger partial charge in [-0.15, -0.1) is 0 Å². The minimum atomic E-state index is -0.259. The molecular weight excluding hydrogens is 661 g/mol. The van der Waals surface area contributed by atoms with E-state index in [4.69, 9.17) is 19.7 Å². The van der Waals surface area contributed by atoms with Crippen molar-refractivity contribution in [3.8, 4) is 39.7 Å². The van der Waals surface area contributed by atoms with Gasteiger partial charge >= 0.3 is 0 Å². The Kier molecular flexibility index (Phi) is 9.60. The molecule has 1 aliphatic carbocycles. The molecule has 5 nitrogen and oxygen atoms in total. The molecule has 0 saturated carbocycles. The molecule has 2 heterocycles. The number of hydrogen-bond acceptors (Lipinski definition) is 5. The van der Waals surface area contributed by atoms with Gasteiger partial charge in [0.25, 0.3) is 0 Å². The highest BCUT2D eigenvalue weighted by Gasteiger charge is 2.37. The van der Waals surface area contributed by atoms with Gasteiger partial charge in [0, 0.05) is 33.5 Å². The Balaban J connectivity index is 1.17. The van der Waals surface area contributed by atoms with Crippen LogP contribution in [-0.2, 0) is 0 Å². The maximum atomic E-state index is 6.76. The van der Waals surface area contributed by atoms with Gasteiger partial charge in [0.15, 0.2) is 17.5 Å². The van der Waals surface area contributed by atoms with Crippen molar-refractivity contribution >= 4 is 42.1 Å². The Morgan fingerprint density at radius 1 is 0.685 bits per heavy atom. The fourth-order valence-electron chi connectivity index (χ4n) is 6.89. The molecule has 0 spiro atoms. The molecule has 0 amide bonds. The summed E-state index contributed by atoms with van der Waals surface area (Å²) in [6.45, 7) is 11.9. The van der Waals surface area contributed by atoms with Gasteiger partial charge in [-0.2, -0.15) is 0 Å². The molecule has 0 radical (unpaired) electrons. The number of aromatic nitrogens is 3. The van der Waals surface area contributed by atoms with Crippen molar-refractivity contribution in [1.82, 2.24) is 15.0 Å². The minimum Gasteiger partial charge on any atom is -0.483 e. The monoisotopic (exact) mass is 698 g/mol. The quantitative estimate of drug-likeness (QED) is 0.144. The summed E-state index contributed by atoms with van der Waals surface area (Å²) < 4.78 is 6.76. The number of hydrogen-bond donors (Lipinski definition) is 1. The molecule has 1 N–H and O–H groups in total. The second-order valence-corrected chi connectivity index (χ2v) is 13.1. The first-order valence-corrected chi connectivity index (χ1v) is 17.9. The van der Waals surface area contributed by atoms with Crippen LogP contribution in [0, 0.1) is 0 Å². The Morgan fingerprint density at radius 3 is 2.31 bits per heavy atom. The van der Waals surface area contributed by atoms with E-state index in [2.05, 4.69) is 104 Å². The third-order valence-electron chi connectivity index (χ3n) is 9.52. The summed E-state index contributed by atoms with van der Waals surface area (Å²) in [6, 6.07) is 38.9. The smallest absolute Gasteiger partial charge is 0.164 e. The molecular formula is C49H38N4O. The van der Waals surface area contributed by atoms with E-state index in [1.165, 1.54) is 0 Å². The average Bonchev–Trinajstić information content (AvgIpc) is 3.61. The minimum absolute atomic E-state index is 0.126. The average molecular weight is 699 g/mol. The molecule has 0 fully saturated rings. The van der Waals surface area contributed by atoms with Crippen LogP contribution in [0.5, 0.6) is 5.75 Å². The third-order valence-corrected chi connectivity index (χ3v) is 9.52. The number of nitrogens with zero attached hydrogens (tertiary/aromatic N) is 3. The first kappa shape index (κ1) is 34.0. The van der Waals surface area contributed by atoms with Gasteiger partial charge in [0.1, 0.15) is 11.9 Å². The van der Waals surface area contributed by atoms with E-state index in [9.17, 15) is 0 Å². The Morgan fingerprint density at radius 2 is 1.44 bits per heavy atom. The molecule has 0 saturated heterocycles. The van der Waals surface area contributed by atoms with Crippen LogP contribution in [0.2, 0.25) is 0 Å². The normalized spacial score (nSPS) is 16.1. The summed E-state index contributed by atoms with van der Waals surface area (Å²) in [5, 5.41) is 5.78. The van der Waals surface area contributed by atoms with Crippen molar-refractivity contribution in [2.75, 3.05) is 5.32 Å². The van der Waals surface area contributed by atoms with E-state index in [0.29, 0.717) is 17.5 Å². The van der Waals surface area contributed by atoms with Gasteiger partial charge in [0.2, 0.25) is 0 Å². The zero-order chi connectivity index (χ0) is 36.9. The molecule has 54 heavy (non-hydrogen) atoms. The van der Waals surface area contributed by atoms with Crippen molar-refractivity contribution < 1.29 is 4.74 Å². The molecule has 5 heteroatoms. The summed E-state index contributed by atoms with van der Waals surface area (Å²) >= 11 is 0. The number of nitrogens with one attached hydrogen (secondary N) is 1. The second kappa shape index (κ2) is 15.2. The van der Waals surface area contributed by atoms with Gasteiger partial charge in [0.05, 0.1) is 6.04 Å². The van der Waals surface area contributed by atoms with Gasteiger partial charge < -0.3 is 10.1 Å². The lowest BCUT2D eigenvalue weighted by Crippen LogP contribution is -2.36. The molecule has 6 aromatic rings. The number of benzene rings is 5. The van der Waals surface area contributed by atoms with Gasteiger partial charge in [-0.25, -0.2) is 15.0 Å². The van der Waals surface area contributed by atoms with E-state index < -0.39 is 0 Å². The summed E-state index contributed by atoms with van der Waals surface area (Å²) in [7, 11) is 0. The molecule has 2 aliphatic rings. The maximum absolute atomic E-state index is 6.76. The van der Waals surface area contributed by atoms with E-state index in [-0.39, 0.29) is 12.1 Å². The predicted molar refractivity (Wildman–Crippen MR) is 226 cm³/mol. The largest absolute Gasteiger partial charge is 0.483 e. The number of ether oxygens (including phenoxy) is 1. The summed E-state index contributed by atoms with van der Waals surface area (Å²) in [4.78, 5) is 15.0. The Bertz CT molecular complexity index is 2650. The Hall–Kier alpha value is -7.11. The highest BCUT2D eigenvalue weighted by molar-refractivity contribution is 5.90. The van der Waals surface area contributed by atoms with Crippen LogP contribution in [0.3, 0.4) is 0 Å². The lowest BCUT2D eigenvalue weighted by Gasteiger charge is -2.27. The van der Waals surface area contributed by atoms with E-state index in [1.807, 2.05) is 91.1 Å². The molecule has 5 aromatic carbocycles. The van der Waals surface area contributed by atoms with Crippen molar-refractivity contribution in [2.24, 2.45) is 0 Å². The predicted octanol–water partition coefficient (Wildman–Crippen LogP) is 9.81. The molecule has 2 unspecified atom stereocenters. The first-order chi connectivity index (χ1) is 26.6. The first-order valence-electron chi connectivity index (χ1n) is 17.9. The van der Waals surface area contributed by atoms with Gasteiger partial charge in [-0.05, 0) is 57.5 Å². The lowest BCUT2D eigenvalue weighted by atomic mass is 9.90. The number of anilines is 1. The number of para-hydroxylation sites is 1. The van der Waals surface area contributed by atoms with Crippen molar-refractivity contribution in [2.45, 2.75) is 12.1 Å². The van der Waals surface area contributed by atoms with Crippen LogP contribution in [-0.4, -0.2) is 27.1 Å². The SMILES string of the molecule is C=C/C=C\c1cccc(-c2nc(/C=C/C=c3/ccccc3=C)nc(-c3cccc4c3C3=CC=CC(Nc5ccccc5-c5cccc(C=C)c5)C3O4)n2)c1. The standard InChI is InChI=1S/C49H38N4O/c1-4-6-17-35-19-12-23-38(32-35)48-51-45(30-13-21-36-20-8-7-16-33(36)3)52-49(53-48)41-26-15-29-44-46(41)40-25-14-28-43(47(40)54-44)50-42-27-10-9-24-39(42)37-22-11-18-34(5-2)31-37/h4-32,43,47,50H,1-3H2/b17-6-,30-13+,36-21-. The van der Waals surface area contributed by atoms with Crippen LogP contribution in [0.4, 0.5) is 5.69 Å². The van der Waals surface area contributed by atoms with E-state index in [1.54, 1.807) is 6.08 Å². The van der Waals surface area contributed by atoms with Crippen molar-refractivity contribution in [1.29, 1.82) is 0 Å². The van der Waals surface area contributed by atoms with Crippen LogP contribution in [0.25, 0.3) is 70.4 Å². The number of rotatable bonds is 10. The molecule has 1 aliphatic heterocycles. The molecule has 8 rings (SSSR count). The van der Waals surface area contributed by atoms with Crippen LogP contribution >= 0.6 is 0 Å². The fraction of sp³-hybridized carbons (Fsp3) is 0.0408. The van der Waals surface area contributed by atoms with E-state index >= 15 is 0 Å². The molecule has 2 atom stereocenters. The van der Waals surface area contributed by atoms with Gasteiger partial charge in [-0.3, -0.25) is 0 Å². The molecule has 260 valence electrons. The van der Waals surface area contributed by atoms with Gasteiger partial charge in [-0.1, -0.05) is 165 Å². The molecule has 0 bridgehead atoms. The topological polar surface area (TPSA) is 59.9 Å². The number of allylic oxidation sites excluding steroid dienone is 5. The summed E-state index contributed by atoms with van der Waals surface area (Å²) in [6.07, 6.45) is 19.6. The van der Waals surface area contributed by atoms with E-state index in [0.717, 1.165) is 66.4 Å². The second-order valence-electron chi connectivity index (χ2n) is 13.1. The summed E-state index contributed by atoms with van der Waals surface area (Å²) in [5.41, 5.74) is 9.18. The number of fused-ring (bicyclic) bond motifs is 3.